The summed E-state index contributed by atoms with van der Waals surface area (Å²) in [5.41, 5.74) is 2.35. The van der Waals surface area contributed by atoms with Gasteiger partial charge in [0.05, 0.1) is 11.3 Å². The Kier molecular flexibility index (Phi) is 4.98. The van der Waals surface area contributed by atoms with E-state index in [2.05, 4.69) is 25.5 Å². The third-order valence-corrected chi connectivity index (χ3v) is 5.12. The Balaban J connectivity index is 1.43. The van der Waals surface area contributed by atoms with Gasteiger partial charge in [0.1, 0.15) is 5.82 Å². The number of rotatable bonds is 5. The van der Waals surface area contributed by atoms with Crippen LogP contribution < -0.4 is 0 Å². The first-order chi connectivity index (χ1) is 13.2. The molecular weight excluding hydrogens is 340 g/mol. The molecule has 0 saturated carbocycles. The molecule has 1 aromatic carbocycles. The highest BCUT2D eigenvalue weighted by atomic mass is 16.4. The Morgan fingerprint density at radius 3 is 2.48 bits per heavy atom. The summed E-state index contributed by atoms with van der Waals surface area (Å²) in [6.07, 6.45) is 7.81. The van der Waals surface area contributed by atoms with Crippen molar-refractivity contribution in [3.63, 3.8) is 0 Å². The summed E-state index contributed by atoms with van der Waals surface area (Å²) >= 11 is 0. The van der Waals surface area contributed by atoms with Gasteiger partial charge >= 0.3 is 5.97 Å². The van der Waals surface area contributed by atoms with Crippen LogP contribution in [0.25, 0.3) is 11.4 Å². The number of pyridine rings is 1. The quantitative estimate of drug-likeness (QED) is 0.752. The van der Waals surface area contributed by atoms with Crippen LogP contribution in [0.15, 0.2) is 61.1 Å². The highest BCUT2D eigenvalue weighted by Crippen LogP contribution is 2.28. The van der Waals surface area contributed by atoms with Gasteiger partial charge in [-0.05, 0) is 37.1 Å². The van der Waals surface area contributed by atoms with Crippen LogP contribution in [-0.2, 0) is 6.54 Å². The molecule has 138 valence electrons. The molecule has 4 rings (SSSR count). The molecule has 0 spiro atoms. The molecule has 27 heavy (non-hydrogen) atoms. The van der Waals surface area contributed by atoms with Crippen molar-refractivity contribution in [1.82, 2.24) is 19.4 Å². The van der Waals surface area contributed by atoms with Gasteiger partial charge in [0.25, 0.3) is 0 Å². The van der Waals surface area contributed by atoms with Crippen molar-refractivity contribution in [2.24, 2.45) is 0 Å². The predicted octanol–water partition coefficient (Wildman–Crippen LogP) is 3.48. The minimum absolute atomic E-state index is 0.291. The number of imidazole rings is 1. The first-order valence-electron chi connectivity index (χ1n) is 9.19. The summed E-state index contributed by atoms with van der Waals surface area (Å²) in [5.74, 6) is -0.0136. The molecule has 1 aliphatic rings. The molecule has 0 bridgehead atoms. The first-order valence-corrected chi connectivity index (χ1v) is 9.19. The molecule has 3 aromatic rings. The smallest absolute Gasteiger partial charge is 0.335 e. The number of carboxylic acid groups (broad SMARTS) is 1. The highest BCUT2D eigenvalue weighted by Gasteiger charge is 2.23. The van der Waals surface area contributed by atoms with Gasteiger partial charge in [0, 0.05) is 49.8 Å². The van der Waals surface area contributed by atoms with Gasteiger partial charge in [0.2, 0.25) is 0 Å². The van der Waals surface area contributed by atoms with Crippen LogP contribution in [0.2, 0.25) is 0 Å². The van der Waals surface area contributed by atoms with E-state index in [1.54, 1.807) is 12.1 Å². The zero-order valence-corrected chi connectivity index (χ0v) is 15.0. The maximum atomic E-state index is 11.0. The Morgan fingerprint density at radius 2 is 1.81 bits per heavy atom. The van der Waals surface area contributed by atoms with Crippen LogP contribution in [0.5, 0.6) is 0 Å². The Bertz CT molecular complexity index is 897. The van der Waals surface area contributed by atoms with Gasteiger partial charge in [-0.15, -0.1) is 0 Å². The summed E-state index contributed by atoms with van der Waals surface area (Å²) in [4.78, 5) is 22.4. The van der Waals surface area contributed by atoms with E-state index in [1.165, 1.54) is 0 Å². The fourth-order valence-corrected chi connectivity index (χ4v) is 3.67. The summed E-state index contributed by atoms with van der Waals surface area (Å²) in [5, 5.41) is 9.07. The van der Waals surface area contributed by atoms with E-state index in [9.17, 15) is 4.79 Å². The van der Waals surface area contributed by atoms with E-state index >= 15 is 0 Å². The van der Waals surface area contributed by atoms with E-state index in [0.717, 1.165) is 49.6 Å². The molecule has 1 saturated heterocycles. The van der Waals surface area contributed by atoms with E-state index in [-0.39, 0.29) is 0 Å². The molecule has 1 N–H and O–H groups in total. The van der Waals surface area contributed by atoms with E-state index < -0.39 is 5.97 Å². The van der Waals surface area contributed by atoms with Gasteiger partial charge in [-0.25, -0.2) is 9.78 Å². The molecule has 0 unspecified atom stereocenters. The largest absolute Gasteiger partial charge is 0.478 e. The first kappa shape index (κ1) is 17.4. The number of carboxylic acids is 1. The monoisotopic (exact) mass is 362 g/mol. The maximum absolute atomic E-state index is 11.0. The molecule has 0 aliphatic carbocycles. The van der Waals surface area contributed by atoms with Gasteiger partial charge in [-0.2, -0.15) is 0 Å². The van der Waals surface area contributed by atoms with E-state index in [1.807, 2.05) is 42.9 Å². The lowest BCUT2D eigenvalue weighted by molar-refractivity contribution is 0.0697. The number of carbonyl (C=O) groups is 1. The van der Waals surface area contributed by atoms with Crippen molar-refractivity contribution in [3.8, 4) is 11.4 Å². The third-order valence-electron chi connectivity index (χ3n) is 5.12. The maximum Gasteiger partial charge on any atom is 0.335 e. The number of hydrogen-bond donors (Lipinski definition) is 1. The molecule has 3 heterocycles. The average molecular weight is 362 g/mol. The van der Waals surface area contributed by atoms with E-state index in [0.29, 0.717) is 11.6 Å². The minimum atomic E-state index is -0.912. The number of aromatic carboxylic acids is 1. The van der Waals surface area contributed by atoms with Crippen molar-refractivity contribution in [2.45, 2.75) is 25.4 Å². The van der Waals surface area contributed by atoms with Gasteiger partial charge in [0.15, 0.2) is 0 Å². The molecule has 1 fully saturated rings. The minimum Gasteiger partial charge on any atom is -0.478 e. The SMILES string of the molecule is O=C(O)c1ccc(-c2nccn2C2CCN(Cc3ccccn3)CC2)cc1. The van der Waals surface area contributed by atoms with Crippen molar-refractivity contribution < 1.29 is 9.90 Å². The molecule has 6 nitrogen and oxygen atoms in total. The van der Waals surface area contributed by atoms with Crippen LogP contribution in [0.4, 0.5) is 0 Å². The second-order valence-corrected chi connectivity index (χ2v) is 6.87. The third kappa shape index (κ3) is 3.90. The van der Waals surface area contributed by atoms with Crippen molar-refractivity contribution in [2.75, 3.05) is 13.1 Å². The molecule has 0 atom stereocenters. The van der Waals surface area contributed by atoms with E-state index in [4.69, 9.17) is 5.11 Å². The molecule has 0 amide bonds. The lowest BCUT2D eigenvalue weighted by atomic mass is 10.0. The standard InChI is InChI=1S/C21H22N4O2/c26-21(27)17-6-4-16(5-7-17)20-23-11-14-25(20)19-8-12-24(13-9-19)15-18-3-1-2-10-22-18/h1-7,10-11,14,19H,8-9,12-13,15H2,(H,26,27). The second-order valence-electron chi connectivity index (χ2n) is 6.87. The zero-order valence-electron chi connectivity index (χ0n) is 15.0. The molecule has 6 heteroatoms. The average Bonchev–Trinajstić information content (AvgIpc) is 3.19. The number of aromatic nitrogens is 3. The van der Waals surface area contributed by atoms with Crippen molar-refractivity contribution in [1.29, 1.82) is 0 Å². The summed E-state index contributed by atoms with van der Waals surface area (Å²) < 4.78 is 2.23. The lowest BCUT2D eigenvalue weighted by Crippen LogP contribution is -2.34. The molecule has 0 radical (unpaired) electrons. The number of nitrogens with zero attached hydrogens (tertiary/aromatic N) is 4. The Hall–Kier alpha value is -2.99. The lowest BCUT2D eigenvalue weighted by Gasteiger charge is -2.33. The topological polar surface area (TPSA) is 71.2 Å². The van der Waals surface area contributed by atoms with Crippen molar-refractivity contribution >= 4 is 5.97 Å². The van der Waals surface area contributed by atoms with Crippen LogP contribution in [0.1, 0.15) is 34.9 Å². The number of piperidine rings is 1. The molecular formula is C21H22N4O2. The van der Waals surface area contributed by atoms with Crippen LogP contribution >= 0.6 is 0 Å². The number of likely N-dealkylation sites (tertiary alicyclic amines) is 1. The van der Waals surface area contributed by atoms with Crippen molar-refractivity contribution in [3.05, 3.63) is 72.3 Å². The number of benzene rings is 1. The van der Waals surface area contributed by atoms with Crippen LogP contribution in [0, 0.1) is 0 Å². The molecule has 2 aromatic heterocycles. The Labute approximate surface area is 158 Å². The fraction of sp³-hybridized carbons (Fsp3) is 0.286. The van der Waals surface area contributed by atoms with Gasteiger partial charge < -0.3 is 9.67 Å². The normalized spacial score (nSPS) is 15.7. The molecule has 1 aliphatic heterocycles. The second kappa shape index (κ2) is 7.72. The van der Waals surface area contributed by atoms with Crippen LogP contribution in [-0.4, -0.2) is 43.6 Å². The fourth-order valence-electron chi connectivity index (χ4n) is 3.67. The number of hydrogen-bond acceptors (Lipinski definition) is 4. The summed E-state index contributed by atoms with van der Waals surface area (Å²) in [7, 11) is 0. The summed E-state index contributed by atoms with van der Waals surface area (Å²) in [6.45, 7) is 2.94. The van der Waals surface area contributed by atoms with Gasteiger partial charge in [-0.1, -0.05) is 18.2 Å². The Morgan fingerprint density at radius 1 is 1.04 bits per heavy atom. The summed E-state index contributed by atoms with van der Waals surface area (Å²) in [6, 6.07) is 13.4. The van der Waals surface area contributed by atoms with Crippen LogP contribution in [0.3, 0.4) is 0 Å². The van der Waals surface area contributed by atoms with Gasteiger partial charge in [-0.3, -0.25) is 9.88 Å². The zero-order chi connectivity index (χ0) is 18.6. The highest BCUT2D eigenvalue weighted by molar-refractivity contribution is 5.88. The predicted molar refractivity (Wildman–Crippen MR) is 102 cm³/mol.